The van der Waals surface area contributed by atoms with Gasteiger partial charge in [0.15, 0.2) is 11.6 Å². The fraction of sp³-hybridized carbons (Fsp3) is 0.316. The first-order valence-electron chi connectivity index (χ1n) is 8.62. The fourth-order valence-electron chi connectivity index (χ4n) is 2.83. The molecule has 0 aliphatic carbocycles. The lowest BCUT2D eigenvalue weighted by Gasteiger charge is -2.22. The molecular formula is C19H23FN6. The molecule has 6 nitrogen and oxygen atoms in total. The van der Waals surface area contributed by atoms with E-state index in [1.165, 1.54) is 12.1 Å². The quantitative estimate of drug-likeness (QED) is 0.420. The van der Waals surface area contributed by atoms with Gasteiger partial charge in [-0.3, -0.25) is 9.39 Å². The highest BCUT2D eigenvalue weighted by Crippen LogP contribution is 2.07. The second-order valence-corrected chi connectivity index (χ2v) is 6.11. The molecule has 3 aromatic rings. The van der Waals surface area contributed by atoms with Crippen molar-refractivity contribution in [1.29, 1.82) is 0 Å². The van der Waals surface area contributed by atoms with Crippen LogP contribution in [0.15, 0.2) is 53.7 Å². The van der Waals surface area contributed by atoms with Crippen LogP contribution in [0.2, 0.25) is 0 Å². The van der Waals surface area contributed by atoms with Gasteiger partial charge >= 0.3 is 0 Å². The Morgan fingerprint density at radius 3 is 2.77 bits per heavy atom. The monoisotopic (exact) mass is 354 g/mol. The number of nitrogens with one attached hydrogen (secondary N) is 1. The van der Waals surface area contributed by atoms with Crippen molar-refractivity contribution in [2.24, 2.45) is 4.99 Å². The van der Waals surface area contributed by atoms with Crippen LogP contribution >= 0.6 is 0 Å². The van der Waals surface area contributed by atoms with Gasteiger partial charge in [-0.1, -0.05) is 18.2 Å². The number of aromatic nitrogens is 3. The lowest BCUT2D eigenvalue weighted by molar-refractivity contribution is 0.475. The van der Waals surface area contributed by atoms with Crippen LogP contribution in [-0.4, -0.2) is 46.1 Å². The summed E-state index contributed by atoms with van der Waals surface area (Å²) in [4.78, 5) is 6.32. The summed E-state index contributed by atoms with van der Waals surface area (Å²) < 4.78 is 15.0. The first-order chi connectivity index (χ1) is 12.7. The average molecular weight is 354 g/mol. The van der Waals surface area contributed by atoms with Crippen molar-refractivity contribution in [1.82, 2.24) is 24.8 Å². The van der Waals surface area contributed by atoms with Crippen molar-refractivity contribution in [3.8, 4) is 0 Å². The summed E-state index contributed by atoms with van der Waals surface area (Å²) in [7, 11) is 3.72. The highest BCUT2D eigenvalue weighted by Gasteiger charge is 2.08. The number of nitrogens with zero attached hydrogens (tertiary/aromatic N) is 5. The molecule has 0 aliphatic rings. The summed E-state index contributed by atoms with van der Waals surface area (Å²) in [5, 5.41) is 11.8. The Balaban J connectivity index is 1.48. The molecule has 26 heavy (non-hydrogen) atoms. The minimum atomic E-state index is -0.222. The van der Waals surface area contributed by atoms with Crippen molar-refractivity contribution < 1.29 is 4.39 Å². The number of rotatable bonds is 6. The van der Waals surface area contributed by atoms with Gasteiger partial charge in [-0.25, -0.2) is 4.39 Å². The molecule has 0 spiro atoms. The third kappa shape index (κ3) is 4.36. The van der Waals surface area contributed by atoms with E-state index < -0.39 is 0 Å². The number of aliphatic imine (C=N–C) groups is 1. The maximum atomic E-state index is 13.0. The van der Waals surface area contributed by atoms with Crippen LogP contribution in [0, 0.1) is 5.82 Å². The third-order valence-electron chi connectivity index (χ3n) is 4.15. The van der Waals surface area contributed by atoms with Gasteiger partial charge < -0.3 is 10.2 Å². The van der Waals surface area contributed by atoms with Crippen molar-refractivity contribution in [2.45, 2.75) is 19.4 Å². The standard InChI is InChI=1S/C19H23FN6/c1-21-19(25(2)14-15-8-10-16(20)11-9-15)22-12-5-7-18-24-23-17-6-3-4-13-26(17)18/h3-4,6,8-11,13H,5,7,12,14H2,1-2H3,(H,21,22). The minimum Gasteiger partial charge on any atom is -0.356 e. The van der Waals surface area contributed by atoms with Crippen molar-refractivity contribution in [3.63, 3.8) is 0 Å². The predicted molar refractivity (Wildman–Crippen MR) is 101 cm³/mol. The zero-order valence-electron chi connectivity index (χ0n) is 15.1. The number of hydrogen-bond donors (Lipinski definition) is 1. The Morgan fingerprint density at radius 1 is 1.19 bits per heavy atom. The number of guanidine groups is 1. The van der Waals surface area contributed by atoms with Crippen LogP contribution < -0.4 is 5.32 Å². The molecule has 0 fully saturated rings. The van der Waals surface area contributed by atoms with E-state index in [4.69, 9.17) is 0 Å². The second-order valence-electron chi connectivity index (χ2n) is 6.11. The highest BCUT2D eigenvalue weighted by molar-refractivity contribution is 5.79. The smallest absolute Gasteiger partial charge is 0.193 e. The summed E-state index contributed by atoms with van der Waals surface area (Å²) >= 11 is 0. The van der Waals surface area contributed by atoms with Crippen LogP contribution in [0.4, 0.5) is 4.39 Å². The fourth-order valence-corrected chi connectivity index (χ4v) is 2.83. The molecule has 7 heteroatoms. The Morgan fingerprint density at radius 2 is 2.00 bits per heavy atom. The molecule has 0 atom stereocenters. The lowest BCUT2D eigenvalue weighted by atomic mass is 10.2. The van der Waals surface area contributed by atoms with E-state index in [-0.39, 0.29) is 5.82 Å². The number of halogens is 1. The van der Waals surface area contributed by atoms with E-state index in [1.54, 1.807) is 19.2 Å². The zero-order chi connectivity index (χ0) is 18.4. The maximum Gasteiger partial charge on any atom is 0.193 e. The molecular weight excluding hydrogens is 331 g/mol. The van der Waals surface area contributed by atoms with E-state index >= 15 is 0 Å². The molecule has 0 radical (unpaired) electrons. The Labute approximate surface area is 152 Å². The molecule has 2 heterocycles. The Bertz CT molecular complexity index is 871. The zero-order valence-corrected chi connectivity index (χ0v) is 15.1. The van der Waals surface area contributed by atoms with Crippen molar-refractivity contribution in [2.75, 3.05) is 20.6 Å². The van der Waals surface area contributed by atoms with E-state index in [2.05, 4.69) is 20.5 Å². The maximum absolute atomic E-state index is 13.0. The largest absolute Gasteiger partial charge is 0.356 e. The average Bonchev–Trinajstić information content (AvgIpc) is 3.07. The molecule has 0 saturated carbocycles. The molecule has 0 aliphatic heterocycles. The van der Waals surface area contributed by atoms with Crippen molar-refractivity contribution in [3.05, 3.63) is 65.9 Å². The first kappa shape index (κ1) is 17.8. The summed E-state index contributed by atoms with van der Waals surface area (Å²) in [6, 6.07) is 12.4. The van der Waals surface area contributed by atoms with Gasteiger partial charge in [-0.05, 0) is 36.2 Å². The second kappa shape index (κ2) is 8.42. The molecule has 0 unspecified atom stereocenters. The number of fused-ring (bicyclic) bond motifs is 1. The van der Waals surface area contributed by atoms with Gasteiger partial charge in [0, 0.05) is 39.8 Å². The van der Waals surface area contributed by atoms with E-state index in [9.17, 15) is 4.39 Å². The normalized spacial score (nSPS) is 11.7. The lowest BCUT2D eigenvalue weighted by Crippen LogP contribution is -2.39. The number of aryl methyl sites for hydroxylation is 1. The number of pyridine rings is 1. The molecule has 0 saturated heterocycles. The summed E-state index contributed by atoms with van der Waals surface area (Å²) in [6.45, 7) is 1.44. The van der Waals surface area contributed by atoms with E-state index in [0.29, 0.717) is 6.54 Å². The first-order valence-corrected chi connectivity index (χ1v) is 8.62. The Kier molecular flexibility index (Phi) is 5.78. The summed E-state index contributed by atoms with van der Waals surface area (Å²) in [6.07, 6.45) is 3.73. The molecule has 1 aromatic carbocycles. The topological polar surface area (TPSA) is 57.8 Å². The van der Waals surface area contributed by atoms with Crippen LogP contribution in [0.1, 0.15) is 17.8 Å². The molecule has 0 amide bonds. The van der Waals surface area contributed by atoms with E-state index in [1.807, 2.05) is 40.7 Å². The van der Waals surface area contributed by atoms with Crippen molar-refractivity contribution >= 4 is 11.6 Å². The third-order valence-corrected chi connectivity index (χ3v) is 4.15. The molecule has 0 bridgehead atoms. The summed E-state index contributed by atoms with van der Waals surface area (Å²) in [5.74, 6) is 1.54. The van der Waals surface area contributed by atoms with Crippen LogP contribution in [-0.2, 0) is 13.0 Å². The molecule has 1 N–H and O–H groups in total. The van der Waals surface area contributed by atoms with Crippen LogP contribution in [0.25, 0.3) is 5.65 Å². The van der Waals surface area contributed by atoms with Gasteiger partial charge in [-0.15, -0.1) is 10.2 Å². The Hall–Kier alpha value is -2.96. The van der Waals surface area contributed by atoms with Gasteiger partial charge in [-0.2, -0.15) is 0 Å². The molecule has 3 rings (SSSR count). The van der Waals surface area contributed by atoms with Crippen LogP contribution in [0.5, 0.6) is 0 Å². The SMILES string of the molecule is CN=C(NCCCc1nnc2ccccn12)N(C)Cc1ccc(F)cc1. The predicted octanol–water partition coefficient (Wildman–Crippen LogP) is 2.51. The van der Waals surface area contributed by atoms with Gasteiger partial charge in [0.25, 0.3) is 0 Å². The molecule has 2 aromatic heterocycles. The number of hydrogen-bond acceptors (Lipinski definition) is 3. The number of benzene rings is 1. The van der Waals surface area contributed by atoms with Gasteiger partial charge in [0.05, 0.1) is 0 Å². The molecule has 136 valence electrons. The summed E-state index contributed by atoms with van der Waals surface area (Å²) in [5.41, 5.74) is 1.90. The van der Waals surface area contributed by atoms with Crippen LogP contribution in [0.3, 0.4) is 0 Å². The van der Waals surface area contributed by atoms with E-state index in [0.717, 1.165) is 42.4 Å². The van der Waals surface area contributed by atoms with Gasteiger partial charge in [0.1, 0.15) is 11.6 Å². The minimum absolute atomic E-state index is 0.222. The highest BCUT2D eigenvalue weighted by atomic mass is 19.1. The van der Waals surface area contributed by atoms with Gasteiger partial charge in [0.2, 0.25) is 0 Å².